The van der Waals surface area contributed by atoms with Crippen molar-refractivity contribution in [3.8, 4) is 22.9 Å². The fourth-order valence-corrected chi connectivity index (χ4v) is 3.22. The molecule has 1 aromatic carbocycles. The van der Waals surface area contributed by atoms with E-state index in [0.29, 0.717) is 0 Å². The molecule has 0 fully saturated rings. The first kappa shape index (κ1) is 11.4. The fourth-order valence-electron chi connectivity index (χ4n) is 2.37. The van der Waals surface area contributed by atoms with E-state index in [2.05, 4.69) is 44.3 Å². The molecule has 3 aromatic heterocycles. The van der Waals surface area contributed by atoms with Crippen molar-refractivity contribution in [2.75, 3.05) is 0 Å². The van der Waals surface area contributed by atoms with E-state index in [1.807, 2.05) is 30.3 Å². The van der Waals surface area contributed by atoms with Crippen molar-refractivity contribution < 1.29 is 0 Å². The smallest absolute Gasteiger partial charge is 0.181 e. The highest BCUT2D eigenvalue weighted by atomic mass is 32.1. The zero-order valence-electron chi connectivity index (χ0n) is 10.9. The van der Waals surface area contributed by atoms with E-state index >= 15 is 0 Å². The number of nitrogens with zero attached hydrogens (tertiary/aromatic N) is 3. The van der Waals surface area contributed by atoms with Gasteiger partial charge in [-0.1, -0.05) is 30.3 Å². The number of H-pyrrole nitrogens is 1. The van der Waals surface area contributed by atoms with Gasteiger partial charge in [0.05, 0.1) is 15.9 Å². The summed E-state index contributed by atoms with van der Waals surface area (Å²) in [5.41, 5.74) is 3.30. The molecule has 1 N–H and O–H groups in total. The molecule has 0 radical (unpaired) electrons. The van der Waals surface area contributed by atoms with E-state index < -0.39 is 0 Å². The van der Waals surface area contributed by atoms with Crippen molar-refractivity contribution in [3.63, 3.8) is 0 Å². The van der Waals surface area contributed by atoms with Crippen LogP contribution in [0.5, 0.6) is 0 Å². The van der Waals surface area contributed by atoms with Gasteiger partial charge in [-0.3, -0.25) is 5.10 Å². The molecule has 0 aliphatic carbocycles. The van der Waals surface area contributed by atoms with Crippen LogP contribution in [0.15, 0.2) is 47.8 Å². The number of hydrogen-bond donors (Lipinski definition) is 1. The predicted octanol–water partition coefficient (Wildman–Crippen LogP) is 3.69. The number of nitrogens with one attached hydrogen (secondary N) is 1. The van der Waals surface area contributed by atoms with Gasteiger partial charge in [-0.25, -0.2) is 4.98 Å². The maximum Gasteiger partial charge on any atom is 0.181 e. The largest absolute Gasteiger partial charge is 0.340 e. The van der Waals surface area contributed by atoms with E-state index in [0.717, 1.165) is 22.9 Å². The van der Waals surface area contributed by atoms with E-state index in [1.54, 1.807) is 11.3 Å². The number of aromatic nitrogens is 4. The van der Waals surface area contributed by atoms with Crippen LogP contribution in [0, 0.1) is 0 Å². The standard InChI is InChI=1S/C15H12N4S/c1-19-11-7-8-20-13(11)9-12(19)15-16-14(17-18-15)10-5-3-2-4-6-10/h2-9H,1H3,(H,16,17,18). The summed E-state index contributed by atoms with van der Waals surface area (Å²) in [6, 6.07) is 14.3. The molecule has 0 saturated carbocycles. The monoisotopic (exact) mass is 280 g/mol. The van der Waals surface area contributed by atoms with Gasteiger partial charge in [0.25, 0.3) is 0 Å². The third-order valence-corrected chi connectivity index (χ3v) is 4.28. The van der Waals surface area contributed by atoms with Crippen molar-refractivity contribution in [2.45, 2.75) is 0 Å². The lowest BCUT2D eigenvalue weighted by Crippen LogP contribution is -1.92. The highest BCUT2D eigenvalue weighted by Gasteiger charge is 2.13. The number of hydrogen-bond acceptors (Lipinski definition) is 3. The first-order valence-corrected chi connectivity index (χ1v) is 7.22. The first-order valence-electron chi connectivity index (χ1n) is 6.34. The molecule has 0 bridgehead atoms. The lowest BCUT2D eigenvalue weighted by Gasteiger charge is -1.98. The minimum atomic E-state index is 0.727. The number of thiophene rings is 1. The zero-order chi connectivity index (χ0) is 13.5. The van der Waals surface area contributed by atoms with Crippen LogP contribution in [0.3, 0.4) is 0 Å². The Kier molecular flexibility index (Phi) is 2.47. The highest BCUT2D eigenvalue weighted by Crippen LogP contribution is 2.29. The van der Waals surface area contributed by atoms with Crippen LogP contribution in [-0.4, -0.2) is 19.7 Å². The summed E-state index contributed by atoms with van der Waals surface area (Å²) in [6.45, 7) is 0. The second-order valence-electron chi connectivity index (χ2n) is 4.63. The minimum Gasteiger partial charge on any atom is -0.340 e. The molecular formula is C15H12N4S. The van der Waals surface area contributed by atoms with Crippen LogP contribution in [-0.2, 0) is 7.05 Å². The van der Waals surface area contributed by atoms with Gasteiger partial charge in [0.1, 0.15) is 0 Å². The second-order valence-corrected chi connectivity index (χ2v) is 5.58. The molecule has 0 saturated heterocycles. The molecule has 5 heteroatoms. The molecule has 0 atom stereocenters. The summed E-state index contributed by atoms with van der Waals surface area (Å²) >= 11 is 1.74. The summed E-state index contributed by atoms with van der Waals surface area (Å²) in [5, 5.41) is 9.45. The molecule has 4 rings (SSSR count). The maximum absolute atomic E-state index is 4.60. The lowest BCUT2D eigenvalue weighted by molar-refractivity contribution is 0.959. The molecule has 3 heterocycles. The van der Waals surface area contributed by atoms with Crippen LogP contribution in [0.2, 0.25) is 0 Å². The molecule has 4 nitrogen and oxygen atoms in total. The number of benzene rings is 1. The Morgan fingerprint density at radius 3 is 2.80 bits per heavy atom. The second kappa shape index (κ2) is 4.31. The van der Waals surface area contributed by atoms with Crippen molar-refractivity contribution >= 4 is 21.6 Å². The minimum absolute atomic E-state index is 0.727. The molecular weight excluding hydrogens is 268 g/mol. The molecule has 0 aliphatic heterocycles. The predicted molar refractivity (Wildman–Crippen MR) is 81.6 cm³/mol. The molecule has 98 valence electrons. The van der Waals surface area contributed by atoms with Crippen molar-refractivity contribution in [1.29, 1.82) is 0 Å². The zero-order valence-corrected chi connectivity index (χ0v) is 11.7. The van der Waals surface area contributed by atoms with E-state index in [4.69, 9.17) is 0 Å². The Morgan fingerprint density at radius 2 is 2.00 bits per heavy atom. The van der Waals surface area contributed by atoms with Gasteiger partial charge in [-0.15, -0.1) is 11.3 Å². The molecule has 0 unspecified atom stereocenters. The van der Waals surface area contributed by atoms with Crippen LogP contribution in [0.4, 0.5) is 0 Å². The Balaban J connectivity index is 1.82. The fraction of sp³-hybridized carbons (Fsp3) is 0.0667. The molecule has 0 aliphatic rings. The number of rotatable bonds is 2. The summed E-state index contributed by atoms with van der Waals surface area (Å²) in [4.78, 5) is 4.60. The van der Waals surface area contributed by atoms with Crippen LogP contribution < -0.4 is 0 Å². The van der Waals surface area contributed by atoms with Crippen LogP contribution in [0.25, 0.3) is 33.1 Å². The Bertz CT molecular complexity index is 870. The third kappa shape index (κ3) is 1.67. The van der Waals surface area contributed by atoms with Gasteiger partial charge in [-0.2, -0.15) is 5.10 Å². The molecule has 20 heavy (non-hydrogen) atoms. The average Bonchev–Trinajstić information content (AvgIpc) is 3.18. The van der Waals surface area contributed by atoms with Gasteiger partial charge in [0, 0.05) is 12.6 Å². The van der Waals surface area contributed by atoms with E-state index in [9.17, 15) is 0 Å². The van der Waals surface area contributed by atoms with Crippen molar-refractivity contribution in [3.05, 3.63) is 47.8 Å². The molecule has 0 spiro atoms. The van der Waals surface area contributed by atoms with Crippen molar-refractivity contribution in [2.24, 2.45) is 7.05 Å². The number of fused-ring (bicyclic) bond motifs is 1. The van der Waals surface area contributed by atoms with E-state index in [-0.39, 0.29) is 0 Å². The average molecular weight is 280 g/mol. The summed E-state index contributed by atoms with van der Waals surface area (Å²) < 4.78 is 3.40. The van der Waals surface area contributed by atoms with Gasteiger partial charge >= 0.3 is 0 Å². The number of aromatic amines is 1. The van der Waals surface area contributed by atoms with Crippen LogP contribution >= 0.6 is 11.3 Å². The Hall–Kier alpha value is -2.40. The summed E-state index contributed by atoms with van der Waals surface area (Å²) in [5.74, 6) is 1.53. The number of aryl methyl sites for hydroxylation is 1. The Morgan fingerprint density at radius 1 is 1.15 bits per heavy atom. The van der Waals surface area contributed by atoms with Crippen LogP contribution in [0.1, 0.15) is 0 Å². The van der Waals surface area contributed by atoms with Gasteiger partial charge < -0.3 is 4.57 Å². The van der Waals surface area contributed by atoms with Gasteiger partial charge in [0.2, 0.25) is 0 Å². The third-order valence-electron chi connectivity index (χ3n) is 3.42. The maximum atomic E-state index is 4.60. The Labute approximate surface area is 119 Å². The first-order chi connectivity index (χ1) is 9.83. The summed E-state index contributed by atoms with van der Waals surface area (Å²) in [6.07, 6.45) is 0. The molecule has 4 aromatic rings. The topological polar surface area (TPSA) is 46.5 Å². The molecule has 0 amide bonds. The van der Waals surface area contributed by atoms with Gasteiger partial charge in [-0.05, 0) is 17.5 Å². The SMILES string of the molecule is Cn1c(-c2nc(-c3ccccc3)n[nH]2)cc2sccc21. The quantitative estimate of drug-likeness (QED) is 0.608. The van der Waals surface area contributed by atoms with E-state index in [1.165, 1.54) is 10.2 Å². The van der Waals surface area contributed by atoms with Crippen molar-refractivity contribution in [1.82, 2.24) is 19.7 Å². The normalized spacial score (nSPS) is 11.2. The van der Waals surface area contributed by atoms with Gasteiger partial charge in [0.15, 0.2) is 11.6 Å². The lowest BCUT2D eigenvalue weighted by atomic mass is 10.2. The highest BCUT2D eigenvalue weighted by molar-refractivity contribution is 7.17. The summed E-state index contributed by atoms with van der Waals surface area (Å²) in [7, 11) is 2.05.